The van der Waals surface area contributed by atoms with Crippen LogP contribution >= 0.6 is 11.3 Å². The van der Waals surface area contributed by atoms with Crippen molar-refractivity contribution in [3.05, 3.63) is 68.5 Å². The van der Waals surface area contributed by atoms with Crippen LogP contribution in [0.2, 0.25) is 0 Å². The number of aryl methyl sites for hydroxylation is 1. The van der Waals surface area contributed by atoms with E-state index < -0.39 is 4.92 Å². The summed E-state index contributed by atoms with van der Waals surface area (Å²) in [6, 6.07) is 12.1. The summed E-state index contributed by atoms with van der Waals surface area (Å²) in [5.41, 5.74) is 3.24. The molecule has 1 N–H and O–H groups in total. The first-order valence-electron chi connectivity index (χ1n) is 9.96. The lowest BCUT2D eigenvalue weighted by Gasteiger charge is -2.33. The highest BCUT2D eigenvalue weighted by molar-refractivity contribution is 7.09. The van der Waals surface area contributed by atoms with Gasteiger partial charge in [-0.1, -0.05) is 12.1 Å². The zero-order valence-electron chi connectivity index (χ0n) is 17.4. The number of benzene rings is 2. The minimum atomic E-state index is -0.422. The largest absolute Gasteiger partial charge is 0.363 e. The molecule has 3 aromatic rings. The SMILES string of the molecule is Cc1nc(-c2ccc(NC(=O)c3ccc(N4CCN(C)CC4)c([N+](=O)[O-])c3)cc2)cs1. The Morgan fingerprint density at radius 1 is 1.13 bits per heavy atom. The first-order chi connectivity index (χ1) is 14.9. The zero-order chi connectivity index (χ0) is 22.0. The molecule has 1 saturated heterocycles. The number of carbonyl (C=O) groups excluding carboxylic acids is 1. The summed E-state index contributed by atoms with van der Waals surface area (Å²) in [5, 5.41) is 17.5. The van der Waals surface area contributed by atoms with Crippen LogP contribution in [0, 0.1) is 17.0 Å². The van der Waals surface area contributed by atoms with E-state index >= 15 is 0 Å². The third-order valence-corrected chi connectivity index (χ3v) is 6.11. The molecule has 0 bridgehead atoms. The fourth-order valence-corrected chi connectivity index (χ4v) is 4.17. The number of aromatic nitrogens is 1. The Morgan fingerprint density at radius 2 is 1.84 bits per heavy atom. The predicted octanol–water partition coefficient (Wildman–Crippen LogP) is 4.03. The molecule has 1 fully saturated rings. The number of nitrogens with zero attached hydrogens (tertiary/aromatic N) is 4. The van der Waals surface area contributed by atoms with Crippen LogP contribution in [0.3, 0.4) is 0 Å². The number of nitro benzene ring substituents is 1. The summed E-state index contributed by atoms with van der Waals surface area (Å²) in [7, 11) is 2.03. The zero-order valence-corrected chi connectivity index (χ0v) is 18.2. The van der Waals surface area contributed by atoms with Gasteiger partial charge in [0.25, 0.3) is 11.6 Å². The van der Waals surface area contributed by atoms with Gasteiger partial charge in [-0.25, -0.2) is 4.98 Å². The van der Waals surface area contributed by atoms with E-state index in [9.17, 15) is 14.9 Å². The predicted molar refractivity (Wildman–Crippen MR) is 123 cm³/mol. The standard InChI is InChI=1S/C22H23N5O3S/c1-15-23-19(14-31-15)16-3-6-18(7-4-16)24-22(28)17-5-8-20(21(13-17)27(29)30)26-11-9-25(2)10-12-26/h3-8,13-14H,9-12H2,1-2H3,(H,24,28). The number of anilines is 2. The summed E-state index contributed by atoms with van der Waals surface area (Å²) >= 11 is 1.58. The summed E-state index contributed by atoms with van der Waals surface area (Å²) in [6.07, 6.45) is 0. The van der Waals surface area contributed by atoms with Gasteiger partial charge in [-0.05, 0) is 38.2 Å². The van der Waals surface area contributed by atoms with E-state index in [-0.39, 0.29) is 17.2 Å². The topological polar surface area (TPSA) is 91.6 Å². The van der Waals surface area contributed by atoms with Crippen molar-refractivity contribution >= 4 is 34.3 Å². The Kier molecular flexibility index (Phi) is 5.97. The number of amides is 1. The van der Waals surface area contributed by atoms with Gasteiger partial charge in [-0.15, -0.1) is 11.3 Å². The number of hydrogen-bond donors (Lipinski definition) is 1. The summed E-state index contributed by atoms with van der Waals surface area (Å²) in [4.78, 5) is 32.6. The van der Waals surface area contributed by atoms with Gasteiger partial charge in [0.2, 0.25) is 0 Å². The van der Waals surface area contributed by atoms with Gasteiger partial charge in [-0.3, -0.25) is 14.9 Å². The van der Waals surface area contributed by atoms with Gasteiger partial charge in [0.15, 0.2) is 0 Å². The van der Waals surface area contributed by atoms with E-state index in [1.807, 2.05) is 36.4 Å². The van der Waals surface area contributed by atoms with Gasteiger partial charge in [0, 0.05) is 54.4 Å². The molecule has 1 aromatic heterocycles. The van der Waals surface area contributed by atoms with Crippen LogP contribution in [0.25, 0.3) is 11.3 Å². The maximum absolute atomic E-state index is 12.7. The number of rotatable bonds is 5. The van der Waals surface area contributed by atoms with Gasteiger partial charge >= 0.3 is 0 Å². The average molecular weight is 438 g/mol. The lowest BCUT2D eigenvalue weighted by molar-refractivity contribution is -0.384. The van der Waals surface area contributed by atoms with E-state index in [4.69, 9.17) is 0 Å². The van der Waals surface area contributed by atoms with Crippen LogP contribution in [0.5, 0.6) is 0 Å². The first kappa shape index (κ1) is 21.0. The molecule has 4 rings (SSSR count). The molecular formula is C22H23N5O3S. The number of hydrogen-bond acceptors (Lipinski definition) is 7. The van der Waals surface area contributed by atoms with Crippen LogP contribution in [0.15, 0.2) is 47.8 Å². The molecule has 31 heavy (non-hydrogen) atoms. The van der Waals surface area contributed by atoms with E-state index in [1.165, 1.54) is 6.07 Å². The highest BCUT2D eigenvalue weighted by atomic mass is 32.1. The number of carbonyl (C=O) groups is 1. The molecule has 8 nitrogen and oxygen atoms in total. The normalized spacial score (nSPS) is 14.5. The molecule has 1 aliphatic heterocycles. The van der Waals surface area contributed by atoms with Crippen molar-refractivity contribution in [2.45, 2.75) is 6.92 Å². The maximum Gasteiger partial charge on any atom is 0.293 e. The molecule has 1 amide bonds. The van der Waals surface area contributed by atoms with E-state index in [0.29, 0.717) is 24.5 Å². The van der Waals surface area contributed by atoms with Crippen molar-refractivity contribution in [3.63, 3.8) is 0 Å². The second-order valence-electron chi connectivity index (χ2n) is 7.53. The fraction of sp³-hybridized carbons (Fsp3) is 0.273. The Balaban J connectivity index is 1.50. The van der Waals surface area contributed by atoms with Crippen molar-refractivity contribution in [3.8, 4) is 11.3 Å². The number of thiazole rings is 1. The van der Waals surface area contributed by atoms with Crippen LogP contribution in [0.4, 0.5) is 17.1 Å². The summed E-state index contributed by atoms with van der Waals surface area (Å²) in [6.45, 7) is 5.07. The quantitative estimate of drug-likeness (QED) is 0.479. The molecule has 0 spiro atoms. The minimum Gasteiger partial charge on any atom is -0.363 e. The van der Waals surface area contributed by atoms with Crippen LogP contribution in [-0.2, 0) is 0 Å². The third kappa shape index (κ3) is 4.73. The average Bonchev–Trinajstić information content (AvgIpc) is 3.20. The van der Waals surface area contributed by atoms with Crippen molar-refractivity contribution in [2.75, 3.05) is 43.4 Å². The lowest BCUT2D eigenvalue weighted by Crippen LogP contribution is -2.44. The second kappa shape index (κ2) is 8.83. The van der Waals surface area contributed by atoms with Crippen LogP contribution < -0.4 is 10.2 Å². The van der Waals surface area contributed by atoms with Gasteiger partial charge in [0.1, 0.15) is 5.69 Å². The van der Waals surface area contributed by atoms with Crippen molar-refractivity contribution < 1.29 is 9.72 Å². The Hall–Kier alpha value is -3.30. The molecule has 160 valence electrons. The number of likely N-dealkylation sites (N-methyl/N-ethyl adjacent to an activating group) is 1. The van der Waals surface area contributed by atoms with E-state index in [0.717, 1.165) is 29.4 Å². The molecule has 1 aliphatic rings. The molecule has 0 saturated carbocycles. The summed E-state index contributed by atoms with van der Waals surface area (Å²) in [5.74, 6) is -0.384. The number of nitrogens with one attached hydrogen (secondary N) is 1. The second-order valence-corrected chi connectivity index (χ2v) is 8.60. The molecule has 9 heteroatoms. The van der Waals surface area contributed by atoms with Gasteiger partial charge in [0.05, 0.1) is 15.6 Å². The van der Waals surface area contributed by atoms with Crippen molar-refractivity contribution in [1.82, 2.24) is 9.88 Å². The van der Waals surface area contributed by atoms with Crippen LogP contribution in [0.1, 0.15) is 15.4 Å². The highest BCUT2D eigenvalue weighted by Gasteiger charge is 2.24. The van der Waals surface area contributed by atoms with Gasteiger partial charge < -0.3 is 15.1 Å². The molecule has 0 unspecified atom stereocenters. The first-order valence-corrected chi connectivity index (χ1v) is 10.8. The molecule has 0 radical (unpaired) electrons. The van der Waals surface area contributed by atoms with Crippen LogP contribution in [-0.4, -0.2) is 53.9 Å². The van der Waals surface area contributed by atoms with E-state index in [2.05, 4.69) is 15.2 Å². The minimum absolute atomic E-state index is 0.0496. The smallest absolute Gasteiger partial charge is 0.293 e. The molecule has 2 aromatic carbocycles. The monoisotopic (exact) mass is 437 g/mol. The molecule has 0 atom stereocenters. The molecule has 2 heterocycles. The Morgan fingerprint density at radius 3 is 2.45 bits per heavy atom. The number of nitro groups is 1. The number of piperazine rings is 1. The molecular weight excluding hydrogens is 414 g/mol. The third-order valence-electron chi connectivity index (χ3n) is 5.34. The van der Waals surface area contributed by atoms with E-state index in [1.54, 1.807) is 35.6 Å². The fourth-order valence-electron chi connectivity index (χ4n) is 3.55. The van der Waals surface area contributed by atoms with Crippen molar-refractivity contribution in [2.24, 2.45) is 0 Å². The summed E-state index contributed by atoms with van der Waals surface area (Å²) < 4.78 is 0. The highest BCUT2D eigenvalue weighted by Crippen LogP contribution is 2.30. The Bertz CT molecular complexity index is 1100. The molecule has 0 aliphatic carbocycles. The van der Waals surface area contributed by atoms with Crippen molar-refractivity contribution in [1.29, 1.82) is 0 Å². The Labute approximate surface area is 184 Å². The lowest BCUT2D eigenvalue weighted by atomic mass is 10.1. The maximum atomic E-state index is 12.7. The van der Waals surface area contributed by atoms with Gasteiger partial charge in [-0.2, -0.15) is 0 Å².